The highest BCUT2D eigenvalue weighted by Crippen LogP contribution is 2.23. The van der Waals surface area contributed by atoms with E-state index in [1.165, 1.54) is 0 Å². The molecule has 0 saturated carbocycles. The second-order valence-corrected chi connectivity index (χ2v) is 11.0. The van der Waals surface area contributed by atoms with Gasteiger partial charge in [-0.3, -0.25) is 19.2 Å². The topological polar surface area (TPSA) is 96.0 Å². The van der Waals surface area contributed by atoms with Crippen LogP contribution in [0.5, 0.6) is 5.75 Å². The van der Waals surface area contributed by atoms with E-state index < -0.39 is 11.9 Å². The van der Waals surface area contributed by atoms with Gasteiger partial charge in [0.1, 0.15) is 25.4 Å². The Balaban J connectivity index is 0.000000241. The third kappa shape index (κ3) is 11.3. The second kappa shape index (κ2) is 16.6. The molecule has 0 saturated heterocycles. The molecule has 0 fully saturated rings. The Kier molecular flexibility index (Phi) is 12.6. The molecule has 0 aliphatic heterocycles. The van der Waals surface area contributed by atoms with Crippen molar-refractivity contribution in [3.8, 4) is 5.75 Å². The average molecular weight is 595 g/mol. The van der Waals surface area contributed by atoms with Gasteiger partial charge in [0.05, 0.1) is 13.5 Å². The Hall–Kier alpha value is -5.04. The van der Waals surface area contributed by atoms with Gasteiger partial charge in [0.25, 0.3) is 0 Å². The fraction of sp³-hybridized carbons (Fsp3) is 0.243. The second-order valence-electron chi connectivity index (χ2n) is 11.0. The van der Waals surface area contributed by atoms with Gasteiger partial charge in [0, 0.05) is 11.1 Å². The average Bonchev–Trinajstić information content (AvgIpc) is 3.04. The van der Waals surface area contributed by atoms with Gasteiger partial charge >= 0.3 is 11.9 Å². The zero-order chi connectivity index (χ0) is 32.0. The van der Waals surface area contributed by atoms with Crippen molar-refractivity contribution >= 4 is 23.5 Å². The zero-order valence-corrected chi connectivity index (χ0v) is 25.6. The maximum absolute atomic E-state index is 12.3. The lowest BCUT2D eigenvalue weighted by Crippen LogP contribution is -2.13. The number of hydrogen-bond acceptors (Lipinski definition) is 7. The third-order valence-corrected chi connectivity index (χ3v) is 6.58. The van der Waals surface area contributed by atoms with Crippen LogP contribution in [0.15, 0.2) is 109 Å². The molecule has 0 aliphatic carbocycles. The lowest BCUT2D eigenvalue weighted by molar-refractivity contribution is -0.156. The minimum atomic E-state index is -0.586. The molecule has 228 valence electrons. The van der Waals surface area contributed by atoms with Crippen LogP contribution in [0, 0.1) is 0 Å². The largest absolute Gasteiger partial charge is 0.497 e. The molecule has 0 unspecified atom stereocenters. The van der Waals surface area contributed by atoms with Crippen LogP contribution in [0.1, 0.15) is 71.0 Å². The molecule has 7 heteroatoms. The summed E-state index contributed by atoms with van der Waals surface area (Å²) < 4.78 is 15.1. The summed E-state index contributed by atoms with van der Waals surface area (Å²) in [5.74, 6) is -0.830. The first-order chi connectivity index (χ1) is 21.0. The summed E-state index contributed by atoms with van der Waals surface area (Å²) in [7, 11) is 1.57. The van der Waals surface area contributed by atoms with Gasteiger partial charge in [0.15, 0.2) is 11.6 Å². The molecule has 4 aromatic rings. The molecule has 0 spiro atoms. The van der Waals surface area contributed by atoms with Crippen LogP contribution in [0.25, 0.3) is 0 Å². The number of carbonyl (C=O) groups is 4. The number of methoxy groups -OCH3 is 1. The Morgan fingerprint density at radius 1 is 0.545 bits per heavy atom. The molecule has 0 N–H and O–H groups in total. The number of benzene rings is 4. The monoisotopic (exact) mass is 594 g/mol. The first kappa shape index (κ1) is 33.5. The maximum atomic E-state index is 12.3. The molecule has 0 radical (unpaired) electrons. The molecule has 0 aliphatic rings. The van der Waals surface area contributed by atoms with Gasteiger partial charge in [-0.1, -0.05) is 106 Å². The summed E-state index contributed by atoms with van der Waals surface area (Å²) in [5.41, 5.74) is 4.05. The highest BCUT2D eigenvalue weighted by Gasteiger charge is 2.17. The van der Waals surface area contributed by atoms with Crippen molar-refractivity contribution in [2.24, 2.45) is 0 Å². The normalized spacial score (nSPS) is 10.5. The van der Waals surface area contributed by atoms with E-state index in [1.54, 1.807) is 43.5 Å². The number of Topliss-reactive ketones (excluding diaryl/α,β-unsaturated/α-hetero) is 2. The first-order valence-electron chi connectivity index (χ1n) is 14.2. The number of carbonyl (C=O) groups excluding carboxylic acids is 4. The minimum Gasteiger partial charge on any atom is -0.497 e. The molecule has 44 heavy (non-hydrogen) atoms. The highest BCUT2D eigenvalue weighted by molar-refractivity contribution is 6.13. The molecule has 0 aromatic heterocycles. The molecular weight excluding hydrogens is 556 g/mol. The standard InChI is InChI=1S/C20H22O3.C17H16O4/c1-20(2,3)16-9-5-14(6-10-16)18(21)13-19(22)15-7-11-17(23-4)12-8-15;18-16(20-12-14-7-3-1-4-8-14)11-17(19)21-13-15-9-5-2-6-10-15/h5-12H,13H2,1-4H3;1-10H,11-13H2. The summed E-state index contributed by atoms with van der Waals surface area (Å²) in [6.07, 6.45) is -0.499. The lowest BCUT2D eigenvalue weighted by Gasteiger charge is -2.18. The van der Waals surface area contributed by atoms with Gasteiger partial charge in [-0.15, -0.1) is 0 Å². The van der Waals surface area contributed by atoms with E-state index in [4.69, 9.17) is 14.2 Å². The van der Waals surface area contributed by atoms with E-state index in [2.05, 4.69) is 20.8 Å². The lowest BCUT2D eigenvalue weighted by atomic mass is 9.86. The Morgan fingerprint density at radius 2 is 0.955 bits per heavy atom. The van der Waals surface area contributed by atoms with Gasteiger partial charge in [0.2, 0.25) is 0 Å². The van der Waals surface area contributed by atoms with Gasteiger partial charge in [-0.25, -0.2) is 0 Å². The fourth-order valence-corrected chi connectivity index (χ4v) is 3.98. The highest BCUT2D eigenvalue weighted by atomic mass is 16.6. The van der Waals surface area contributed by atoms with Crippen molar-refractivity contribution < 1.29 is 33.4 Å². The van der Waals surface area contributed by atoms with Gasteiger partial charge < -0.3 is 14.2 Å². The zero-order valence-electron chi connectivity index (χ0n) is 25.6. The minimum absolute atomic E-state index is 0.0422. The number of rotatable bonds is 11. The molecule has 0 atom stereocenters. The number of hydrogen-bond donors (Lipinski definition) is 0. The summed E-state index contributed by atoms with van der Waals surface area (Å²) in [4.78, 5) is 47.5. The number of esters is 2. The van der Waals surface area contributed by atoms with Gasteiger partial charge in [-0.05, 0) is 46.4 Å². The van der Waals surface area contributed by atoms with Crippen LogP contribution >= 0.6 is 0 Å². The van der Waals surface area contributed by atoms with E-state index in [1.807, 2.05) is 72.8 Å². The third-order valence-electron chi connectivity index (χ3n) is 6.58. The van der Waals surface area contributed by atoms with Gasteiger partial charge in [-0.2, -0.15) is 0 Å². The van der Waals surface area contributed by atoms with Crippen LogP contribution in [0.3, 0.4) is 0 Å². The maximum Gasteiger partial charge on any atom is 0.317 e. The van der Waals surface area contributed by atoms with E-state index >= 15 is 0 Å². The van der Waals surface area contributed by atoms with Crippen LogP contribution < -0.4 is 4.74 Å². The molecule has 4 aromatic carbocycles. The first-order valence-corrected chi connectivity index (χ1v) is 14.2. The van der Waals surface area contributed by atoms with E-state index in [0.717, 1.165) is 16.7 Å². The number of ether oxygens (including phenoxy) is 3. The fourth-order valence-electron chi connectivity index (χ4n) is 3.98. The predicted molar refractivity (Wildman–Crippen MR) is 169 cm³/mol. The quantitative estimate of drug-likeness (QED) is 0.102. The van der Waals surface area contributed by atoms with Crippen molar-refractivity contribution in [1.82, 2.24) is 0 Å². The van der Waals surface area contributed by atoms with Crippen molar-refractivity contribution in [3.05, 3.63) is 137 Å². The van der Waals surface area contributed by atoms with Crippen LogP contribution in [0.2, 0.25) is 0 Å². The molecular formula is C37H38O7. The molecule has 0 bridgehead atoms. The van der Waals surface area contributed by atoms with Crippen LogP contribution in [0.4, 0.5) is 0 Å². The van der Waals surface area contributed by atoms with Crippen molar-refractivity contribution in [3.63, 3.8) is 0 Å². The van der Waals surface area contributed by atoms with Crippen molar-refractivity contribution in [1.29, 1.82) is 0 Å². The van der Waals surface area contributed by atoms with E-state index in [-0.39, 0.29) is 43.0 Å². The molecule has 0 heterocycles. The Bertz CT molecular complexity index is 1450. The molecule has 4 rings (SSSR count). The predicted octanol–water partition coefficient (Wildman–Crippen LogP) is 7.31. The van der Waals surface area contributed by atoms with E-state index in [9.17, 15) is 19.2 Å². The smallest absolute Gasteiger partial charge is 0.317 e. The number of ketones is 2. The summed E-state index contributed by atoms with van der Waals surface area (Å²) in [6, 6.07) is 32.9. The van der Waals surface area contributed by atoms with Crippen molar-refractivity contribution in [2.45, 2.75) is 52.2 Å². The summed E-state index contributed by atoms with van der Waals surface area (Å²) >= 11 is 0. The summed E-state index contributed by atoms with van der Waals surface area (Å²) in [5, 5.41) is 0. The van der Waals surface area contributed by atoms with Crippen molar-refractivity contribution in [2.75, 3.05) is 7.11 Å². The molecule has 7 nitrogen and oxygen atoms in total. The Morgan fingerprint density at radius 3 is 1.34 bits per heavy atom. The van der Waals surface area contributed by atoms with Crippen LogP contribution in [-0.4, -0.2) is 30.6 Å². The van der Waals surface area contributed by atoms with E-state index in [0.29, 0.717) is 16.9 Å². The SMILES string of the molecule is COc1ccc(C(=O)CC(=O)c2ccc(C(C)(C)C)cc2)cc1.O=C(CC(=O)OCc1ccccc1)OCc1ccccc1. The Labute approximate surface area is 258 Å². The summed E-state index contributed by atoms with van der Waals surface area (Å²) in [6.45, 7) is 6.68. The van der Waals surface area contributed by atoms with Crippen LogP contribution in [-0.2, 0) is 37.7 Å². The molecule has 0 amide bonds.